The predicted molar refractivity (Wildman–Crippen MR) is 56.3 cm³/mol. The van der Waals surface area contributed by atoms with Crippen LogP contribution in [-0.4, -0.2) is 11.7 Å². The van der Waals surface area contributed by atoms with Crippen molar-refractivity contribution >= 4 is 17.7 Å². The fourth-order valence-corrected chi connectivity index (χ4v) is 2.20. The van der Waals surface area contributed by atoms with Gasteiger partial charge in [-0.1, -0.05) is 0 Å². The molecule has 1 amide bonds. The molecule has 3 nitrogen and oxygen atoms in total. The van der Waals surface area contributed by atoms with E-state index < -0.39 is 18.1 Å². The Morgan fingerprint density at radius 1 is 1.56 bits per heavy atom. The van der Waals surface area contributed by atoms with Crippen LogP contribution in [-0.2, 0) is 0 Å². The Balaban J connectivity index is 2.11. The van der Waals surface area contributed by atoms with Gasteiger partial charge in [-0.25, -0.2) is 8.78 Å². The zero-order valence-corrected chi connectivity index (χ0v) is 9.02. The normalized spacial score (nSPS) is 15.3. The summed E-state index contributed by atoms with van der Waals surface area (Å²) < 4.78 is 29.5. The maximum absolute atomic E-state index is 12.4. The van der Waals surface area contributed by atoms with Crippen LogP contribution in [0.2, 0.25) is 0 Å². The molecule has 6 heteroatoms. The average molecular weight is 245 g/mol. The minimum atomic E-state index is -2.78. The lowest BCUT2D eigenvalue weighted by molar-refractivity contribution is 0.0931. The van der Waals surface area contributed by atoms with E-state index in [1.54, 1.807) is 11.8 Å². The largest absolute Gasteiger partial charge is 0.462 e. The van der Waals surface area contributed by atoms with Crippen LogP contribution in [0, 0.1) is 0 Å². The number of carbonyl (C=O) groups excluding carboxylic acids is 1. The number of rotatable bonds is 3. The van der Waals surface area contributed by atoms with E-state index in [2.05, 4.69) is 9.73 Å². The molecule has 0 radical (unpaired) electrons. The molecule has 1 aromatic rings. The van der Waals surface area contributed by atoms with Crippen molar-refractivity contribution in [1.82, 2.24) is 5.32 Å². The first kappa shape index (κ1) is 11.2. The number of allylic oxidation sites excluding steroid dienone is 1. The molecule has 0 aromatic carbocycles. The number of nitrogens with one attached hydrogen (secondary N) is 1. The molecule has 2 rings (SSSR count). The molecule has 0 unspecified atom stereocenters. The van der Waals surface area contributed by atoms with Gasteiger partial charge in [0.15, 0.2) is 5.76 Å². The van der Waals surface area contributed by atoms with E-state index in [4.69, 9.17) is 0 Å². The van der Waals surface area contributed by atoms with Gasteiger partial charge in [0.1, 0.15) is 0 Å². The average Bonchev–Trinajstić information content (AvgIpc) is 2.86. The van der Waals surface area contributed by atoms with E-state index in [1.165, 1.54) is 6.07 Å². The molecule has 0 spiro atoms. The molecule has 0 atom stereocenters. The van der Waals surface area contributed by atoms with Crippen molar-refractivity contribution in [3.05, 3.63) is 34.8 Å². The Hall–Kier alpha value is -1.30. The Bertz CT molecular complexity index is 428. The van der Waals surface area contributed by atoms with Crippen LogP contribution in [0.5, 0.6) is 0 Å². The second-order valence-electron chi connectivity index (χ2n) is 3.22. The number of halogens is 2. The number of amides is 1. The van der Waals surface area contributed by atoms with Crippen LogP contribution < -0.4 is 5.32 Å². The fraction of sp³-hybridized carbons (Fsp3) is 0.300. The highest BCUT2D eigenvalue weighted by Crippen LogP contribution is 2.25. The molecule has 0 fully saturated rings. The lowest BCUT2D eigenvalue weighted by Crippen LogP contribution is -2.22. The van der Waals surface area contributed by atoms with Crippen molar-refractivity contribution in [3.63, 3.8) is 0 Å². The van der Waals surface area contributed by atoms with Gasteiger partial charge in [-0.15, -0.1) is 11.8 Å². The summed E-state index contributed by atoms with van der Waals surface area (Å²) in [6.45, 7) is 0. The Labute approximate surface area is 94.9 Å². The summed E-state index contributed by atoms with van der Waals surface area (Å²) in [4.78, 5) is 11.6. The maximum atomic E-state index is 12.4. The second kappa shape index (κ2) is 4.69. The molecule has 1 aliphatic heterocycles. The van der Waals surface area contributed by atoms with Crippen LogP contribution in [0.15, 0.2) is 27.9 Å². The molecule has 1 aromatic heterocycles. The highest BCUT2D eigenvalue weighted by atomic mass is 32.2. The molecule has 1 aliphatic rings. The molecule has 0 saturated heterocycles. The summed E-state index contributed by atoms with van der Waals surface area (Å²) in [5.74, 6) is -0.218. The molecule has 0 saturated carbocycles. The fourth-order valence-electron chi connectivity index (χ4n) is 1.37. The van der Waals surface area contributed by atoms with Crippen molar-refractivity contribution in [3.8, 4) is 0 Å². The molecule has 16 heavy (non-hydrogen) atoms. The van der Waals surface area contributed by atoms with Gasteiger partial charge in [-0.3, -0.25) is 4.79 Å². The second-order valence-corrected chi connectivity index (χ2v) is 4.19. The van der Waals surface area contributed by atoms with Gasteiger partial charge >= 0.3 is 0 Å². The van der Waals surface area contributed by atoms with E-state index in [9.17, 15) is 13.6 Å². The summed E-state index contributed by atoms with van der Waals surface area (Å²) >= 11 is 1.58. The van der Waals surface area contributed by atoms with Gasteiger partial charge < -0.3 is 9.73 Å². The first-order chi connectivity index (χ1) is 7.68. The highest BCUT2D eigenvalue weighted by molar-refractivity contribution is 8.02. The quantitative estimate of drug-likeness (QED) is 0.890. The lowest BCUT2D eigenvalue weighted by Gasteiger charge is -2.04. The van der Waals surface area contributed by atoms with Crippen molar-refractivity contribution in [2.75, 3.05) is 5.75 Å². The number of furan rings is 1. The Morgan fingerprint density at radius 3 is 3.00 bits per heavy atom. The third-order valence-electron chi connectivity index (χ3n) is 2.13. The topological polar surface area (TPSA) is 42.2 Å². The summed E-state index contributed by atoms with van der Waals surface area (Å²) in [5, 5.41) is 4.40. The van der Waals surface area contributed by atoms with E-state index in [0.717, 1.165) is 24.1 Å². The smallest absolute Gasteiger partial charge is 0.296 e. The van der Waals surface area contributed by atoms with Crippen LogP contribution in [0.4, 0.5) is 8.78 Å². The monoisotopic (exact) mass is 245 g/mol. The Morgan fingerprint density at radius 2 is 2.38 bits per heavy atom. The summed E-state index contributed by atoms with van der Waals surface area (Å²) in [6, 6.07) is 1.25. The molecule has 0 aliphatic carbocycles. The standard InChI is InChI=1S/C10H9F2NO2S/c11-9(12)8-7(1-3-15-8)10(14)13-6-2-4-16-5-6/h1,3,5,9H,2,4H2,(H,13,14). The van der Waals surface area contributed by atoms with Crippen LogP contribution in [0.25, 0.3) is 0 Å². The molecule has 2 heterocycles. The van der Waals surface area contributed by atoms with Crippen LogP contribution in [0.3, 0.4) is 0 Å². The minimum absolute atomic E-state index is 0.104. The Kier molecular flexibility index (Phi) is 3.28. The van der Waals surface area contributed by atoms with Gasteiger partial charge in [-0.2, -0.15) is 0 Å². The van der Waals surface area contributed by atoms with Gasteiger partial charge in [-0.05, 0) is 17.9 Å². The molecule has 0 bridgehead atoms. The summed E-state index contributed by atoms with van der Waals surface area (Å²) in [5.41, 5.74) is 0.657. The maximum Gasteiger partial charge on any atom is 0.296 e. The lowest BCUT2D eigenvalue weighted by atomic mass is 10.2. The number of thioether (sulfide) groups is 1. The van der Waals surface area contributed by atoms with Crippen LogP contribution >= 0.6 is 11.8 Å². The van der Waals surface area contributed by atoms with Crippen molar-refractivity contribution < 1.29 is 18.0 Å². The van der Waals surface area contributed by atoms with E-state index in [1.807, 2.05) is 5.41 Å². The van der Waals surface area contributed by atoms with E-state index in [-0.39, 0.29) is 5.56 Å². The molecule has 1 N–H and O–H groups in total. The zero-order valence-electron chi connectivity index (χ0n) is 8.20. The van der Waals surface area contributed by atoms with Gasteiger partial charge in [0, 0.05) is 11.4 Å². The molecular formula is C10H9F2NO2S. The van der Waals surface area contributed by atoms with Crippen molar-refractivity contribution in [2.24, 2.45) is 0 Å². The SMILES string of the molecule is O=C(NC1=CSCC1)c1ccoc1C(F)F. The minimum Gasteiger partial charge on any atom is -0.462 e. The zero-order chi connectivity index (χ0) is 11.5. The molecule has 86 valence electrons. The first-order valence-corrected chi connectivity index (χ1v) is 5.71. The highest BCUT2D eigenvalue weighted by Gasteiger charge is 2.22. The first-order valence-electron chi connectivity index (χ1n) is 4.66. The number of hydrogen-bond donors (Lipinski definition) is 1. The summed E-state index contributed by atoms with van der Waals surface area (Å²) in [6.07, 6.45) is -0.936. The predicted octanol–water partition coefficient (Wildman–Crippen LogP) is 2.93. The molecular weight excluding hydrogens is 236 g/mol. The number of alkyl halides is 2. The van der Waals surface area contributed by atoms with Crippen molar-refractivity contribution in [1.29, 1.82) is 0 Å². The van der Waals surface area contributed by atoms with Gasteiger partial charge in [0.2, 0.25) is 0 Å². The van der Waals surface area contributed by atoms with Crippen molar-refractivity contribution in [2.45, 2.75) is 12.8 Å². The van der Waals surface area contributed by atoms with Gasteiger partial charge in [0.25, 0.3) is 12.3 Å². The van der Waals surface area contributed by atoms with E-state index in [0.29, 0.717) is 0 Å². The van der Waals surface area contributed by atoms with Gasteiger partial charge in [0.05, 0.1) is 11.8 Å². The summed E-state index contributed by atoms with van der Waals surface area (Å²) in [7, 11) is 0. The number of hydrogen-bond acceptors (Lipinski definition) is 3. The van der Waals surface area contributed by atoms with E-state index >= 15 is 0 Å². The third kappa shape index (κ3) is 2.27. The number of carbonyl (C=O) groups is 1. The van der Waals surface area contributed by atoms with Crippen LogP contribution in [0.1, 0.15) is 29.0 Å². The third-order valence-corrected chi connectivity index (χ3v) is 3.02.